The maximum absolute atomic E-state index is 12.3. The van der Waals surface area contributed by atoms with Crippen LogP contribution in [0.1, 0.15) is 12.0 Å². The van der Waals surface area contributed by atoms with Gasteiger partial charge in [-0.25, -0.2) is 0 Å². The van der Waals surface area contributed by atoms with Crippen molar-refractivity contribution in [3.8, 4) is 0 Å². The number of carbonyl (C=O) groups is 1. The van der Waals surface area contributed by atoms with E-state index in [0.717, 1.165) is 38.2 Å². The van der Waals surface area contributed by atoms with Crippen molar-refractivity contribution in [1.29, 1.82) is 0 Å². The van der Waals surface area contributed by atoms with Crippen molar-refractivity contribution in [2.75, 3.05) is 45.2 Å². The quantitative estimate of drug-likeness (QED) is 0.807. The molecule has 4 heteroatoms. The smallest absolute Gasteiger partial charge is 0.240 e. The van der Waals surface area contributed by atoms with E-state index in [4.69, 9.17) is 0 Å². The van der Waals surface area contributed by atoms with Crippen LogP contribution < -0.4 is 10.2 Å². The monoisotopic (exact) mass is 261 g/mol. The first-order valence-electron chi connectivity index (χ1n) is 6.92. The maximum Gasteiger partial charge on any atom is 0.240 e. The number of nitrogens with one attached hydrogen (secondary N) is 1. The molecule has 0 fully saturated rings. The highest BCUT2D eigenvalue weighted by Gasteiger charge is 2.21. The molecule has 4 nitrogen and oxygen atoms in total. The zero-order chi connectivity index (χ0) is 13.7. The summed E-state index contributed by atoms with van der Waals surface area (Å²) in [5.41, 5.74) is 2.38. The Kier molecular flexibility index (Phi) is 4.93. The maximum atomic E-state index is 12.3. The number of aryl methyl sites for hydroxylation is 1. The number of rotatable bonds is 5. The molecule has 0 spiro atoms. The third kappa shape index (κ3) is 3.78. The highest BCUT2D eigenvalue weighted by Crippen LogP contribution is 2.26. The van der Waals surface area contributed by atoms with Crippen LogP contribution >= 0.6 is 0 Å². The van der Waals surface area contributed by atoms with Gasteiger partial charge in [-0.15, -0.1) is 0 Å². The minimum atomic E-state index is 0.172. The molecule has 1 aliphatic rings. The molecular weight excluding hydrogens is 238 g/mol. The van der Waals surface area contributed by atoms with Gasteiger partial charge in [-0.1, -0.05) is 18.2 Å². The molecule has 0 saturated carbocycles. The minimum absolute atomic E-state index is 0.172. The van der Waals surface area contributed by atoms with E-state index < -0.39 is 0 Å². The summed E-state index contributed by atoms with van der Waals surface area (Å²) < 4.78 is 0. The van der Waals surface area contributed by atoms with Crippen LogP contribution in [0.4, 0.5) is 5.69 Å². The van der Waals surface area contributed by atoms with Crippen LogP contribution in [0.25, 0.3) is 0 Å². The summed E-state index contributed by atoms with van der Waals surface area (Å²) in [5.74, 6) is 0.172. The van der Waals surface area contributed by atoms with Gasteiger partial charge in [0.05, 0.1) is 6.54 Å². The van der Waals surface area contributed by atoms with E-state index in [-0.39, 0.29) is 5.91 Å². The molecule has 1 aromatic rings. The van der Waals surface area contributed by atoms with Crippen LogP contribution in [0.5, 0.6) is 0 Å². The van der Waals surface area contributed by atoms with Crippen molar-refractivity contribution < 1.29 is 4.79 Å². The lowest BCUT2D eigenvalue weighted by Crippen LogP contribution is -2.42. The largest absolute Gasteiger partial charge is 0.311 e. The standard InChI is InChI=1S/C15H23N3O/c1-17(2)11-9-16-12-15(19)18-10-5-7-13-6-3-4-8-14(13)18/h3-4,6,8,16H,5,7,9-12H2,1-2H3. The van der Waals surface area contributed by atoms with Crippen LogP contribution in [0.3, 0.4) is 0 Å². The van der Waals surface area contributed by atoms with Gasteiger partial charge < -0.3 is 15.1 Å². The lowest BCUT2D eigenvalue weighted by molar-refractivity contribution is -0.117. The molecule has 0 radical (unpaired) electrons. The molecule has 0 saturated heterocycles. The van der Waals surface area contributed by atoms with E-state index in [0.29, 0.717) is 6.54 Å². The lowest BCUT2D eigenvalue weighted by Gasteiger charge is -2.29. The number of carbonyl (C=O) groups excluding carboxylic acids is 1. The van der Waals surface area contributed by atoms with Crippen LogP contribution in [-0.4, -0.2) is 51.1 Å². The van der Waals surface area contributed by atoms with Crippen molar-refractivity contribution >= 4 is 11.6 Å². The Morgan fingerprint density at radius 3 is 2.95 bits per heavy atom. The van der Waals surface area contributed by atoms with Gasteiger partial charge >= 0.3 is 0 Å². The van der Waals surface area contributed by atoms with E-state index in [1.165, 1.54) is 5.56 Å². The number of nitrogens with zero attached hydrogens (tertiary/aromatic N) is 2. The Balaban J connectivity index is 1.90. The number of likely N-dealkylation sites (N-methyl/N-ethyl adjacent to an activating group) is 1. The molecule has 19 heavy (non-hydrogen) atoms. The van der Waals surface area contributed by atoms with Gasteiger partial charge in [0.25, 0.3) is 0 Å². The molecule has 0 unspecified atom stereocenters. The Hall–Kier alpha value is -1.39. The number of hydrogen-bond acceptors (Lipinski definition) is 3. The van der Waals surface area contributed by atoms with Gasteiger partial charge in [0.15, 0.2) is 0 Å². The average Bonchev–Trinajstić information content (AvgIpc) is 2.42. The second kappa shape index (κ2) is 6.68. The van der Waals surface area contributed by atoms with Crippen molar-refractivity contribution in [3.63, 3.8) is 0 Å². The predicted octanol–water partition coefficient (Wildman–Crippen LogP) is 1.12. The van der Waals surface area contributed by atoms with Crippen LogP contribution in [0.15, 0.2) is 24.3 Å². The van der Waals surface area contributed by atoms with E-state index in [2.05, 4.69) is 16.3 Å². The van der Waals surface area contributed by atoms with E-state index in [1.807, 2.05) is 37.2 Å². The molecule has 0 atom stereocenters. The molecule has 2 rings (SSSR count). The number of fused-ring (bicyclic) bond motifs is 1. The number of anilines is 1. The molecule has 0 aromatic heterocycles. The van der Waals surface area contributed by atoms with E-state index in [1.54, 1.807) is 0 Å². The summed E-state index contributed by atoms with van der Waals surface area (Å²) in [6, 6.07) is 8.21. The van der Waals surface area contributed by atoms with Crippen molar-refractivity contribution in [2.24, 2.45) is 0 Å². The van der Waals surface area contributed by atoms with Crippen molar-refractivity contribution in [2.45, 2.75) is 12.8 Å². The van der Waals surface area contributed by atoms with E-state index in [9.17, 15) is 4.79 Å². The first-order valence-corrected chi connectivity index (χ1v) is 6.92. The molecule has 1 N–H and O–H groups in total. The summed E-state index contributed by atoms with van der Waals surface area (Å²) >= 11 is 0. The summed E-state index contributed by atoms with van der Waals surface area (Å²) in [5, 5.41) is 3.21. The molecule has 104 valence electrons. The summed E-state index contributed by atoms with van der Waals surface area (Å²) in [6.45, 7) is 3.05. The number of benzene rings is 1. The molecule has 1 aromatic carbocycles. The lowest BCUT2D eigenvalue weighted by atomic mass is 10.0. The van der Waals surface area contributed by atoms with Crippen LogP contribution in [-0.2, 0) is 11.2 Å². The SMILES string of the molecule is CN(C)CCNCC(=O)N1CCCc2ccccc21. The molecule has 1 amide bonds. The first-order chi connectivity index (χ1) is 9.18. The van der Waals surface area contributed by atoms with Crippen LogP contribution in [0.2, 0.25) is 0 Å². The summed E-state index contributed by atoms with van der Waals surface area (Å²) in [7, 11) is 4.06. The molecule has 0 aliphatic carbocycles. The van der Waals surface area contributed by atoms with Gasteiger partial charge in [0, 0.05) is 25.3 Å². The first kappa shape index (κ1) is 14.0. The number of para-hydroxylation sites is 1. The second-order valence-corrected chi connectivity index (χ2v) is 5.26. The van der Waals surface area contributed by atoms with Gasteiger partial charge in [-0.2, -0.15) is 0 Å². The fourth-order valence-corrected chi connectivity index (χ4v) is 2.39. The predicted molar refractivity (Wildman–Crippen MR) is 78.5 cm³/mol. The van der Waals surface area contributed by atoms with E-state index >= 15 is 0 Å². The van der Waals surface area contributed by atoms with Gasteiger partial charge in [0.1, 0.15) is 0 Å². The number of hydrogen-bond donors (Lipinski definition) is 1. The van der Waals surface area contributed by atoms with Gasteiger partial charge in [-0.05, 0) is 38.6 Å². The molecule has 1 heterocycles. The van der Waals surface area contributed by atoms with Crippen molar-refractivity contribution in [3.05, 3.63) is 29.8 Å². The molecule has 0 bridgehead atoms. The fourth-order valence-electron chi connectivity index (χ4n) is 2.39. The highest BCUT2D eigenvalue weighted by molar-refractivity contribution is 5.95. The Labute approximate surface area is 115 Å². The van der Waals surface area contributed by atoms with Gasteiger partial charge in [0.2, 0.25) is 5.91 Å². The zero-order valence-electron chi connectivity index (χ0n) is 11.9. The minimum Gasteiger partial charge on any atom is -0.311 e. The van der Waals surface area contributed by atoms with Crippen molar-refractivity contribution in [1.82, 2.24) is 10.2 Å². The Bertz CT molecular complexity index is 431. The Morgan fingerprint density at radius 2 is 2.16 bits per heavy atom. The summed E-state index contributed by atoms with van der Waals surface area (Å²) in [6.07, 6.45) is 2.13. The topological polar surface area (TPSA) is 35.6 Å². The fraction of sp³-hybridized carbons (Fsp3) is 0.533. The Morgan fingerprint density at radius 1 is 1.37 bits per heavy atom. The summed E-state index contributed by atoms with van der Waals surface area (Å²) in [4.78, 5) is 16.3. The average molecular weight is 261 g/mol. The normalized spacial score (nSPS) is 14.6. The third-order valence-corrected chi connectivity index (χ3v) is 3.42. The third-order valence-electron chi connectivity index (χ3n) is 3.42. The zero-order valence-corrected chi connectivity index (χ0v) is 11.9. The number of amides is 1. The molecular formula is C15H23N3O. The highest BCUT2D eigenvalue weighted by atomic mass is 16.2. The molecule has 1 aliphatic heterocycles. The van der Waals surface area contributed by atoms with Crippen LogP contribution in [0, 0.1) is 0 Å². The van der Waals surface area contributed by atoms with Gasteiger partial charge in [-0.3, -0.25) is 4.79 Å². The second-order valence-electron chi connectivity index (χ2n) is 5.26.